The lowest BCUT2D eigenvalue weighted by Crippen LogP contribution is -2.32. The van der Waals surface area contributed by atoms with Gasteiger partial charge >= 0.3 is 0 Å². The molecule has 8 heteroatoms. The number of thioether (sulfide) groups is 1. The lowest BCUT2D eigenvalue weighted by molar-refractivity contribution is -0.116. The Morgan fingerprint density at radius 1 is 1.11 bits per heavy atom. The van der Waals surface area contributed by atoms with Crippen LogP contribution in [0.2, 0.25) is 0 Å². The second kappa shape index (κ2) is 9.68. The molecule has 5 rings (SSSR count). The number of rotatable bonds is 8. The van der Waals surface area contributed by atoms with E-state index < -0.39 is 0 Å². The zero-order chi connectivity index (χ0) is 24.4. The Morgan fingerprint density at radius 3 is 2.63 bits per heavy atom. The van der Waals surface area contributed by atoms with Gasteiger partial charge in [-0.2, -0.15) is 0 Å². The number of carbonyl (C=O) groups excluding carboxylic acids is 1. The number of hydrogen-bond donors (Lipinski definition) is 0. The molecule has 0 unspecified atom stereocenters. The number of fused-ring (bicyclic) bond motifs is 1. The molecule has 0 aliphatic carbocycles. The maximum Gasteiger partial charge on any atom is 0.237 e. The molecule has 7 nitrogen and oxygen atoms in total. The molecule has 0 spiro atoms. The summed E-state index contributed by atoms with van der Waals surface area (Å²) in [4.78, 5) is 14.9. The number of furan rings is 1. The first kappa shape index (κ1) is 22.7. The molecule has 176 valence electrons. The van der Waals surface area contributed by atoms with Gasteiger partial charge in [0.05, 0.1) is 28.9 Å². The number of anilines is 1. The third-order valence-corrected chi connectivity index (χ3v) is 6.80. The highest BCUT2D eigenvalue weighted by molar-refractivity contribution is 7.99. The van der Waals surface area contributed by atoms with Crippen LogP contribution in [-0.4, -0.2) is 37.5 Å². The van der Waals surface area contributed by atoms with Gasteiger partial charge in [0, 0.05) is 31.4 Å². The normalized spacial score (nSPS) is 11.1. The van der Waals surface area contributed by atoms with E-state index in [4.69, 9.17) is 4.42 Å². The standard InChI is InChI=1S/C27H25N5O2S/c1-4-15-31(20-11-6-5-7-12-20)25(33)18-35-27-29-28-26(32(27)21-13-9-8-10-19(21)2)23-17-24-22(30(23)3)14-16-34-24/h4-14,16-17H,1,15,18H2,2-3H3. The van der Waals surface area contributed by atoms with E-state index in [0.717, 1.165) is 33.7 Å². The number of aromatic nitrogens is 4. The third-order valence-electron chi connectivity index (χ3n) is 5.89. The van der Waals surface area contributed by atoms with E-state index in [1.807, 2.05) is 76.8 Å². The Labute approximate surface area is 207 Å². The van der Waals surface area contributed by atoms with Crippen LogP contribution in [0.25, 0.3) is 28.3 Å². The molecular formula is C27H25N5O2S. The van der Waals surface area contributed by atoms with Gasteiger partial charge in [0.1, 0.15) is 0 Å². The van der Waals surface area contributed by atoms with E-state index >= 15 is 0 Å². The molecule has 3 heterocycles. The Bertz CT molecular complexity index is 1500. The van der Waals surface area contributed by atoms with Crippen LogP contribution in [0.5, 0.6) is 0 Å². The molecule has 0 bridgehead atoms. The molecule has 0 aliphatic rings. The molecule has 3 aromatic heterocycles. The van der Waals surface area contributed by atoms with Crippen molar-refractivity contribution in [2.24, 2.45) is 7.05 Å². The molecule has 2 aromatic carbocycles. The summed E-state index contributed by atoms with van der Waals surface area (Å²) in [5.41, 5.74) is 5.53. The quantitative estimate of drug-likeness (QED) is 0.211. The van der Waals surface area contributed by atoms with E-state index in [0.29, 0.717) is 17.5 Å². The van der Waals surface area contributed by atoms with Gasteiger partial charge in [0.15, 0.2) is 16.6 Å². The van der Waals surface area contributed by atoms with Crippen molar-refractivity contribution in [3.8, 4) is 17.2 Å². The predicted molar refractivity (Wildman–Crippen MR) is 140 cm³/mol. The molecule has 0 saturated carbocycles. The van der Waals surface area contributed by atoms with Gasteiger partial charge in [-0.05, 0) is 30.7 Å². The highest BCUT2D eigenvalue weighted by Gasteiger charge is 2.23. The summed E-state index contributed by atoms with van der Waals surface area (Å²) in [6.45, 7) is 6.30. The Hall–Kier alpha value is -4.04. The lowest BCUT2D eigenvalue weighted by atomic mass is 10.2. The van der Waals surface area contributed by atoms with Gasteiger partial charge in [0.2, 0.25) is 5.91 Å². The van der Waals surface area contributed by atoms with Crippen LogP contribution < -0.4 is 4.90 Å². The van der Waals surface area contributed by atoms with Gasteiger partial charge in [-0.3, -0.25) is 9.36 Å². The van der Waals surface area contributed by atoms with Crippen molar-refractivity contribution in [1.82, 2.24) is 19.3 Å². The van der Waals surface area contributed by atoms with E-state index in [1.54, 1.807) is 17.2 Å². The number of aryl methyl sites for hydroxylation is 2. The topological polar surface area (TPSA) is 69.1 Å². The summed E-state index contributed by atoms with van der Waals surface area (Å²) in [5.74, 6) is 0.870. The monoisotopic (exact) mass is 483 g/mol. The largest absolute Gasteiger partial charge is 0.463 e. The van der Waals surface area contributed by atoms with Crippen LogP contribution in [-0.2, 0) is 11.8 Å². The summed E-state index contributed by atoms with van der Waals surface area (Å²) >= 11 is 1.37. The number of hydrogen-bond acceptors (Lipinski definition) is 5. The van der Waals surface area contributed by atoms with E-state index in [1.165, 1.54) is 11.8 Å². The molecule has 35 heavy (non-hydrogen) atoms. The van der Waals surface area contributed by atoms with E-state index in [-0.39, 0.29) is 11.7 Å². The summed E-state index contributed by atoms with van der Waals surface area (Å²) in [6, 6.07) is 21.6. The third kappa shape index (κ3) is 4.28. The van der Waals surface area contributed by atoms with Crippen molar-refractivity contribution in [1.29, 1.82) is 0 Å². The first-order valence-corrected chi connectivity index (χ1v) is 12.2. The van der Waals surface area contributed by atoms with Crippen molar-refractivity contribution in [3.63, 3.8) is 0 Å². The van der Waals surface area contributed by atoms with Crippen molar-refractivity contribution >= 4 is 34.5 Å². The maximum absolute atomic E-state index is 13.2. The van der Waals surface area contributed by atoms with Crippen molar-refractivity contribution < 1.29 is 9.21 Å². The summed E-state index contributed by atoms with van der Waals surface area (Å²) in [6.07, 6.45) is 3.41. The minimum Gasteiger partial charge on any atom is -0.463 e. The number of para-hydroxylation sites is 2. The van der Waals surface area contributed by atoms with Crippen LogP contribution in [0.1, 0.15) is 5.56 Å². The fourth-order valence-corrected chi connectivity index (χ4v) is 4.94. The average Bonchev–Trinajstić information content (AvgIpc) is 3.58. The molecular weight excluding hydrogens is 458 g/mol. The fourth-order valence-electron chi connectivity index (χ4n) is 4.12. The average molecular weight is 484 g/mol. The smallest absolute Gasteiger partial charge is 0.237 e. The van der Waals surface area contributed by atoms with Crippen LogP contribution >= 0.6 is 11.8 Å². The molecule has 0 aliphatic heterocycles. The summed E-state index contributed by atoms with van der Waals surface area (Å²) in [7, 11) is 1.98. The lowest BCUT2D eigenvalue weighted by Gasteiger charge is -2.21. The number of amides is 1. The van der Waals surface area contributed by atoms with Gasteiger partial charge < -0.3 is 13.9 Å². The van der Waals surface area contributed by atoms with Crippen molar-refractivity contribution in [2.45, 2.75) is 12.1 Å². The van der Waals surface area contributed by atoms with Crippen LogP contribution in [0.3, 0.4) is 0 Å². The Balaban J connectivity index is 1.51. The van der Waals surface area contributed by atoms with Gasteiger partial charge in [-0.25, -0.2) is 0 Å². The SMILES string of the molecule is C=CCN(C(=O)CSc1nnc(-c2cc3occc3n2C)n1-c1ccccc1C)c1ccccc1. The molecule has 5 aromatic rings. The number of benzene rings is 2. The summed E-state index contributed by atoms with van der Waals surface area (Å²) < 4.78 is 9.66. The second-order valence-corrected chi connectivity index (χ2v) is 9.05. The van der Waals surface area contributed by atoms with Crippen molar-refractivity contribution in [3.05, 3.63) is 91.2 Å². The molecule has 1 amide bonds. The number of carbonyl (C=O) groups is 1. The zero-order valence-corrected chi connectivity index (χ0v) is 20.4. The Kier molecular flexibility index (Phi) is 6.29. The highest BCUT2D eigenvalue weighted by Crippen LogP contribution is 2.33. The van der Waals surface area contributed by atoms with Gasteiger partial charge in [0.25, 0.3) is 0 Å². The van der Waals surface area contributed by atoms with Crippen LogP contribution in [0.15, 0.2) is 95.2 Å². The molecule has 0 atom stereocenters. The maximum atomic E-state index is 13.2. The highest BCUT2D eigenvalue weighted by atomic mass is 32.2. The minimum atomic E-state index is -0.0293. The van der Waals surface area contributed by atoms with Crippen LogP contribution in [0.4, 0.5) is 5.69 Å². The van der Waals surface area contributed by atoms with Crippen LogP contribution in [0, 0.1) is 6.92 Å². The van der Waals surface area contributed by atoms with Crippen molar-refractivity contribution in [2.75, 3.05) is 17.2 Å². The number of nitrogens with zero attached hydrogens (tertiary/aromatic N) is 5. The van der Waals surface area contributed by atoms with Gasteiger partial charge in [-0.15, -0.1) is 16.8 Å². The molecule has 0 fully saturated rings. The fraction of sp³-hybridized carbons (Fsp3) is 0.148. The Morgan fingerprint density at radius 2 is 1.89 bits per heavy atom. The van der Waals surface area contributed by atoms with E-state index in [2.05, 4.69) is 29.8 Å². The predicted octanol–water partition coefficient (Wildman–Crippen LogP) is 5.64. The second-order valence-electron chi connectivity index (χ2n) is 8.10. The molecule has 0 N–H and O–H groups in total. The zero-order valence-electron chi connectivity index (χ0n) is 19.6. The minimum absolute atomic E-state index is 0.0293. The first-order chi connectivity index (χ1) is 17.1. The van der Waals surface area contributed by atoms with E-state index in [9.17, 15) is 4.79 Å². The molecule has 0 radical (unpaired) electrons. The van der Waals surface area contributed by atoms with Gasteiger partial charge in [-0.1, -0.05) is 54.2 Å². The summed E-state index contributed by atoms with van der Waals surface area (Å²) in [5, 5.41) is 9.69. The first-order valence-electron chi connectivity index (χ1n) is 11.2. The molecule has 0 saturated heterocycles.